The van der Waals surface area contributed by atoms with Gasteiger partial charge in [-0.05, 0) is 35.0 Å². The largest absolute Gasteiger partial charge is 0.318 e. The molecule has 6 heteroatoms. The van der Waals surface area contributed by atoms with E-state index >= 15 is 0 Å². The van der Waals surface area contributed by atoms with Crippen molar-refractivity contribution in [3.05, 3.63) is 40.0 Å². The lowest BCUT2D eigenvalue weighted by Gasteiger charge is -2.04. The Kier molecular flexibility index (Phi) is 3.03. The second kappa shape index (κ2) is 4.58. The zero-order valence-electron chi connectivity index (χ0n) is 10.4. The van der Waals surface area contributed by atoms with Crippen LogP contribution in [0.5, 0.6) is 0 Å². The molecule has 0 bridgehead atoms. The predicted molar refractivity (Wildman–Crippen MR) is 79.2 cm³/mol. The quantitative estimate of drug-likeness (QED) is 0.679. The summed E-state index contributed by atoms with van der Waals surface area (Å²) >= 11 is 9.79. The van der Waals surface area contributed by atoms with E-state index < -0.39 is 0 Å². The van der Waals surface area contributed by atoms with Crippen molar-refractivity contribution in [1.82, 2.24) is 19.5 Å². The molecule has 0 amide bonds. The van der Waals surface area contributed by atoms with Crippen LogP contribution in [0.1, 0.15) is 5.82 Å². The highest BCUT2D eigenvalue weighted by Gasteiger charge is 2.18. The number of pyridine rings is 1. The molecule has 0 spiro atoms. The molecule has 0 aliphatic heterocycles. The molecule has 0 saturated carbocycles. The Morgan fingerprint density at radius 3 is 2.79 bits per heavy atom. The standard InChI is InChI=1S/C13H10BrClN4/c1-7-17-11(8-4-3-5-16-6-8)9-10(14)12(15)19(2)13(9)18-7/h3-6H,1-2H3. The molecule has 3 heterocycles. The van der Waals surface area contributed by atoms with Crippen LogP contribution < -0.4 is 0 Å². The third kappa shape index (κ3) is 1.93. The van der Waals surface area contributed by atoms with Crippen molar-refractivity contribution in [2.24, 2.45) is 7.05 Å². The van der Waals surface area contributed by atoms with Crippen LogP contribution in [-0.2, 0) is 7.05 Å². The van der Waals surface area contributed by atoms with Crippen LogP contribution in [0.3, 0.4) is 0 Å². The second-order valence-electron chi connectivity index (χ2n) is 4.22. The summed E-state index contributed by atoms with van der Waals surface area (Å²) in [6.45, 7) is 1.87. The van der Waals surface area contributed by atoms with Crippen molar-refractivity contribution in [3.8, 4) is 11.3 Å². The molecule has 96 valence electrons. The zero-order chi connectivity index (χ0) is 13.6. The van der Waals surface area contributed by atoms with Gasteiger partial charge in [-0.3, -0.25) is 4.98 Å². The average molecular weight is 338 g/mol. The maximum absolute atomic E-state index is 6.27. The molecule has 0 atom stereocenters. The first kappa shape index (κ1) is 12.6. The minimum Gasteiger partial charge on any atom is -0.318 e. The summed E-state index contributed by atoms with van der Waals surface area (Å²) in [7, 11) is 1.88. The number of aryl methyl sites for hydroxylation is 2. The summed E-state index contributed by atoms with van der Waals surface area (Å²) in [6, 6.07) is 3.86. The van der Waals surface area contributed by atoms with Crippen molar-refractivity contribution < 1.29 is 0 Å². The van der Waals surface area contributed by atoms with E-state index in [0.29, 0.717) is 11.0 Å². The van der Waals surface area contributed by atoms with E-state index in [2.05, 4.69) is 30.9 Å². The normalized spacial score (nSPS) is 11.2. The summed E-state index contributed by atoms with van der Waals surface area (Å²) < 4.78 is 2.65. The van der Waals surface area contributed by atoms with Crippen molar-refractivity contribution >= 4 is 38.6 Å². The molecule has 0 radical (unpaired) electrons. The van der Waals surface area contributed by atoms with Crippen LogP contribution in [0.15, 0.2) is 29.0 Å². The average Bonchev–Trinajstić information content (AvgIpc) is 2.64. The van der Waals surface area contributed by atoms with Gasteiger partial charge in [0.05, 0.1) is 15.6 Å². The van der Waals surface area contributed by atoms with Gasteiger partial charge in [0.15, 0.2) is 0 Å². The van der Waals surface area contributed by atoms with Crippen LogP contribution >= 0.6 is 27.5 Å². The first-order chi connectivity index (χ1) is 9.09. The first-order valence-electron chi connectivity index (χ1n) is 5.68. The highest BCUT2D eigenvalue weighted by molar-refractivity contribution is 9.10. The molecule has 19 heavy (non-hydrogen) atoms. The Balaban J connectivity index is 2.46. The minimum absolute atomic E-state index is 0.611. The lowest BCUT2D eigenvalue weighted by atomic mass is 10.1. The third-order valence-electron chi connectivity index (χ3n) is 2.95. The molecule has 3 aromatic rings. The van der Waals surface area contributed by atoms with E-state index in [1.807, 2.05) is 30.7 Å². The molecule has 0 N–H and O–H groups in total. The zero-order valence-corrected chi connectivity index (χ0v) is 12.7. The van der Waals surface area contributed by atoms with Gasteiger partial charge in [-0.25, -0.2) is 9.97 Å². The third-order valence-corrected chi connectivity index (χ3v) is 4.39. The molecule has 0 fully saturated rings. The van der Waals surface area contributed by atoms with E-state index in [4.69, 9.17) is 11.6 Å². The summed E-state index contributed by atoms with van der Waals surface area (Å²) in [5, 5.41) is 1.52. The van der Waals surface area contributed by atoms with Gasteiger partial charge in [-0.2, -0.15) is 0 Å². The van der Waals surface area contributed by atoms with E-state index in [1.54, 1.807) is 12.4 Å². The molecular formula is C13H10BrClN4. The van der Waals surface area contributed by atoms with Crippen LogP contribution in [0.25, 0.3) is 22.3 Å². The van der Waals surface area contributed by atoms with Gasteiger partial charge in [-0.15, -0.1) is 0 Å². The van der Waals surface area contributed by atoms with Crippen molar-refractivity contribution in [3.63, 3.8) is 0 Å². The molecule has 3 rings (SSSR count). The summed E-state index contributed by atoms with van der Waals surface area (Å²) in [4.78, 5) is 13.1. The number of fused-ring (bicyclic) bond motifs is 1. The van der Waals surface area contributed by atoms with Gasteiger partial charge >= 0.3 is 0 Å². The fourth-order valence-corrected chi connectivity index (χ4v) is 2.86. The fourth-order valence-electron chi connectivity index (χ4n) is 2.06. The molecular weight excluding hydrogens is 328 g/mol. The smallest absolute Gasteiger partial charge is 0.146 e. The summed E-state index contributed by atoms with van der Waals surface area (Å²) in [5.74, 6) is 0.705. The van der Waals surface area contributed by atoms with Gasteiger partial charge in [0.2, 0.25) is 0 Å². The maximum Gasteiger partial charge on any atom is 0.146 e. The van der Waals surface area contributed by atoms with Gasteiger partial charge in [-0.1, -0.05) is 11.6 Å². The van der Waals surface area contributed by atoms with E-state index in [1.165, 1.54) is 0 Å². The molecule has 0 aromatic carbocycles. The minimum atomic E-state index is 0.611. The van der Waals surface area contributed by atoms with Gasteiger partial charge in [0.25, 0.3) is 0 Å². The van der Waals surface area contributed by atoms with Gasteiger partial charge < -0.3 is 4.57 Å². The topological polar surface area (TPSA) is 43.6 Å². The van der Waals surface area contributed by atoms with E-state index in [0.717, 1.165) is 26.8 Å². The van der Waals surface area contributed by atoms with Crippen molar-refractivity contribution in [1.29, 1.82) is 0 Å². The molecule has 0 unspecified atom stereocenters. The fraction of sp³-hybridized carbons (Fsp3) is 0.154. The lowest BCUT2D eigenvalue weighted by molar-refractivity contribution is 0.932. The predicted octanol–water partition coefficient (Wildman–Crippen LogP) is 3.75. The number of aromatic nitrogens is 4. The monoisotopic (exact) mass is 336 g/mol. The lowest BCUT2D eigenvalue weighted by Crippen LogP contribution is -1.96. The highest BCUT2D eigenvalue weighted by Crippen LogP contribution is 2.37. The number of halogens is 2. The van der Waals surface area contributed by atoms with Crippen LogP contribution in [-0.4, -0.2) is 19.5 Å². The molecule has 0 saturated heterocycles. The molecule has 0 aliphatic rings. The molecule has 3 aromatic heterocycles. The number of hydrogen-bond acceptors (Lipinski definition) is 3. The number of hydrogen-bond donors (Lipinski definition) is 0. The molecule has 4 nitrogen and oxygen atoms in total. The Morgan fingerprint density at radius 2 is 2.11 bits per heavy atom. The van der Waals surface area contributed by atoms with Crippen molar-refractivity contribution in [2.45, 2.75) is 6.92 Å². The Hall–Kier alpha value is -1.46. The maximum atomic E-state index is 6.27. The Labute approximate surface area is 123 Å². The van der Waals surface area contributed by atoms with Gasteiger partial charge in [0, 0.05) is 25.0 Å². The molecule has 0 aliphatic carbocycles. The van der Waals surface area contributed by atoms with E-state index in [9.17, 15) is 0 Å². The van der Waals surface area contributed by atoms with Crippen LogP contribution in [0.4, 0.5) is 0 Å². The summed E-state index contributed by atoms with van der Waals surface area (Å²) in [5.41, 5.74) is 2.59. The highest BCUT2D eigenvalue weighted by atomic mass is 79.9. The SMILES string of the molecule is Cc1nc(-c2cccnc2)c2c(Br)c(Cl)n(C)c2n1. The van der Waals surface area contributed by atoms with E-state index in [-0.39, 0.29) is 0 Å². The van der Waals surface area contributed by atoms with Gasteiger partial charge in [0.1, 0.15) is 16.6 Å². The first-order valence-corrected chi connectivity index (χ1v) is 6.85. The number of rotatable bonds is 1. The number of nitrogens with zero attached hydrogens (tertiary/aromatic N) is 4. The second-order valence-corrected chi connectivity index (χ2v) is 5.37. The van der Waals surface area contributed by atoms with Crippen LogP contribution in [0, 0.1) is 6.92 Å². The van der Waals surface area contributed by atoms with Crippen LogP contribution in [0.2, 0.25) is 5.15 Å². The Bertz CT molecular complexity index is 767. The Morgan fingerprint density at radius 1 is 1.32 bits per heavy atom. The van der Waals surface area contributed by atoms with Crippen molar-refractivity contribution in [2.75, 3.05) is 0 Å². The summed E-state index contributed by atoms with van der Waals surface area (Å²) in [6.07, 6.45) is 3.52.